The summed E-state index contributed by atoms with van der Waals surface area (Å²) in [6, 6.07) is -1.46. The van der Waals surface area contributed by atoms with Gasteiger partial charge in [0.15, 0.2) is 0 Å². The number of carboxylic acids is 1. The van der Waals surface area contributed by atoms with E-state index in [0.717, 1.165) is 12.8 Å². The molecule has 0 radical (unpaired) electrons. The molecule has 1 aliphatic carbocycles. The number of aliphatic carboxylic acids is 1. The molecule has 1 rings (SSSR count). The van der Waals surface area contributed by atoms with Gasteiger partial charge in [0.1, 0.15) is 23.3 Å². The lowest BCUT2D eigenvalue weighted by atomic mass is 10.1. The summed E-state index contributed by atoms with van der Waals surface area (Å²) < 4.78 is 16.0. The van der Waals surface area contributed by atoms with E-state index in [1.165, 1.54) is 0 Å². The van der Waals surface area contributed by atoms with Crippen LogP contribution in [0.2, 0.25) is 0 Å². The maximum absolute atomic E-state index is 12.8. The maximum Gasteiger partial charge on any atom is 0.420 e. The van der Waals surface area contributed by atoms with Crippen LogP contribution in [0.3, 0.4) is 0 Å². The third-order valence-corrected chi connectivity index (χ3v) is 3.98. The minimum Gasteiger partial charge on any atom is -0.481 e. The van der Waals surface area contributed by atoms with Gasteiger partial charge in [0.25, 0.3) is 0 Å². The molecule has 0 spiro atoms. The molecule has 9 heteroatoms. The number of hydrogen-bond donors (Lipinski definition) is 1. The van der Waals surface area contributed by atoms with Crippen LogP contribution in [-0.2, 0) is 23.8 Å². The Balaban J connectivity index is 3.19. The van der Waals surface area contributed by atoms with Crippen LogP contribution in [0.25, 0.3) is 0 Å². The number of rotatable bonds is 6. The monoisotopic (exact) mass is 415 g/mol. The average molecular weight is 415 g/mol. The molecule has 1 unspecified atom stereocenters. The number of amides is 2. The minimum absolute atomic E-state index is 0.306. The van der Waals surface area contributed by atoms with Crippen LogP contribution < -0.4 is 0 Å². The number of hydrogen-bond acceptors (Lipinski definition) is 7. The van der Waals surface area contributed by atoms with Crippen LogP contribution in [0.5, 0.6) is 0 Å². The van der Waals surface area contributed by atoms with Crippen LogP contribution in [-0.4, -0.2) is 57.5 Å². The molecule has 29 heavy (non-hydrogen) atoms. The van der Waals surface area contributed by atoms with E-state index >= 15 is 0 Å². The van der Waals surface area contributed by atoms with E-state index in [1.54, 1.807) is 41.5 Å². The van der Waals surface area contributed by atoms with Gasteiger partial charge in [0, 0.05) is 6.42 Å². The first kappa shape index (κ1) is 24.7. The Kier molecular flexibility index (Phi) is 8.47. The number of imide groups is 1. The molecular weight excluding hydrogens is 382 g/mol. The Morgan fingerprint density at radius 1 is 0.931 bits per heavy atom. The van der Waals surface area contributed by atoms with Crippen molar-refractivity contribution in [2.75, 3.05) is 0 Å². The van der Waals surface area contributed by atoms with Gasteiger partial charge in [-0.1, -0.05) is 0 Å². The number of carbonyl (C=O) groups is 4. The Morgan fingerprint density at radius 3 is 1.76 bits per heavy atom. The zero-order chi connectivity index (χ0) is 22.4. The van der Waals surface area contributed by atoms with Gasteiger partial charge < -0.3 is 19.3 Å². The SMILES string of the molecule is CC(C)(C)OC(=O)N(C(=O)OC(C)(C)C)C(CCC(=O)O)C(=O)OC1CCCC1. The maximum atomic E-state index is 12.8. The zero-order valence-corrected chi connectivity index (χ0v) is 18.1. The molecule has 0 heterocycles. The average Bonchev–Trinajstić information content (AvgIpc) is 2.99. The molecule has 9 nitrogen and oxygen atoms in total. The predicted molar refractivity (Wildman–Crippen MR) is 103 cm³/mol. The molecule has 0 saturated heterocycles. The van der Waals surface area contributed by atoms with Crippen molar-refractivity contribution in [1.29, 1.82) is 0 Å². The second-order valence-corrected chi connectivity index (χ2v) is 9.12. The van der Waals surface area contributed by atoms with Gasteiger partial charge in [-0.05, 0) is 73.6 Å². The first-order chi connectivity index (χ1) is 13.2. The lowest BCUT2D eigenvalue weighted by Crippen LogP contribution is -2.52. The predicted octanol–water partition coefficient (Wildman–Crippen LogP) is 3.88. The van der Waals surface area contributed by atoms with Crippen LogP contribution in [0.15, 0.2) is 0 Å². The number of ether oxygens (including phenoxy) is 3. The molecular formula is C20H33NO8. The van der Waals surface area contributed by atoms with E-state index in [0.29, 0.717) is 17.7 Å². The smallest absolute Gasteiger partial charge is 0.420 e. The van der Waals surface area contributed by atoms with E-state index in [9.17, 15) is 19.2 Å². The lowest BCUT2D eigenvalue weighted by Gasteiger charge is -2.32. The standard InChI is InChI=1S/C20H33NO8/c1-19(2,3)28-17(25)21(18(26)29-20(4,5)6)14(11-12-15(22)23)16(24)27-13-9-7-8-10-13/h13-14H,7-12H2,1-6H3,(H,22,23). The van der Waals surface area contributed by atoms with Gasteiger partial charge in [-0.15, -0.1) is 0 Å². The van der Waals surface area contributed by atoms with E-state index in [-0.39, 0.29) is 12.5 Å². The first-order valence-corrected chi connectivity index (χ1v) is 9.87. The largest absolute Gasteiger partial charge is 0.481 e. The zero-order valence-electron chi connectivity index (χ0n) is 18.1. The topological polar surface area (TPSA) is 119 Å². The van der Waals surface area contributed by atoms with Gasteiger partial charge in [-0.25, -0.2) is 14.4 Å². The summed E-state index contributed by atoms with van der Waals surface area (Å²) >= 11 is 0. The van der Waals surface area contributed by atoms with Gasteiger partial charge in [0.2, 0.25) is 0 Å². The van der Waals surface area contributed by atoms with Crippen molar-refractivity contribution in [3.05, 3.63) is 0 Å². The highest BCUT2D eigenvalue weighted by atomic mass is 16.6. The fraction of sp³-hybridized carbons (Fsp3) is 0.800. The molecule has 1 saturated carbocycles. The molecule has 1 aliphatic rings. The molecule has 0 aliphatic heterocycles. The summed E-state index contributed by atoms with van der Waals surface area (Å²) in [5.41, 5.74) is -1.88. The Hall–Kier alpha value is -2.32. The number of carbonyl (C=O) groups excluding carboxylic acids is 3. The second-order valence-electron chi connectivity index (χ2n) is 9.12. The Bertz CT molecular complexity index is 583. The highest BCUT2D eigenvalue weighted by molar-refractivity contribution is 5.94. The highest BCUT2D eigenvalue weighted by Gasteiger charge is 2.42. The molecule has 0 aromatic heterocycles. The molecule has 1 N–H and O–H groups in total. The Morgan fingerprint density at radius 2 is 1.38 bits per heavy atom. The van der Waals surface area contributed by atoms with Gasteiger partial charge in [0.05, 0.1) is 0 Å². The molecule has 0 bridgehead atoms. The third-order valence-electron chi connectivity index (χ3n) is 3.98. The number of nitrogens with zero attached hydrogens (tertiary/aromatic N) is 1. The fourth-order valence-electron chi connectivity index (χ4n) is 2.81. The molecule has 1 fully saturated rings. The first-order valence-electron chi connectivity index (χ1n) is 9.87. The summed E-state index contributed by atoms with van der Waals surface area (Å²) in [4.78, 5) is 50.0. The van der Waals surface area contributed by atoms with Crippen LogP contribution in [0, 0.1) is 0 Å². The molecule has 166 valence electrons. The van der Waals surface area contributed by atoms with Gasteiger partial charge in [-0.3, -0.25) is 4.79 Å². The summed E-state index contributed by atoms with van der Waals surface area (Å²) in [6.45, 7) is 9.67. The van der Waals surface area contributed by atoms with Crippen LogP contribution >= 0.6 is 0 Å². The van der Waals surface area contributed by atoms with E-state index < -0.39 is 47.8 Å². The lowest BCUT2D eigenvalue weighted by molar-refractivity contribution is -0.155. The number of esters is 1. The van der Waals surface area contributed by atoms with Crippen LogP contribution in [0.4, 0.5) is 9.59 Å². The van der Waals surface area contributed by atoms with E-state index in [1.807, 2.05) is 0 Å². The van der Waals surface area contributed by atoms with Crippen molar-refractivity contribution in [3.8, 4) is 0 Å². The van der Waals surface area contributed by atoms with E-state index in [4.69, 9.17) is 19.3 Å². The second kappa shape index (κ2) is 9.93. The summed E-state index contributed by atoms with van der Waals surface area (Å²) in [6.07, 6.45) is -0.0256. The van der Waals surface area contributed by atoms with Crippen molar-refractivity contribution in [2.45, 2.75) is 103 Å². The van der Waals surface area contributed by atoms with Crippen molar-refractivity contribution in [2.24, 2.45) is 0 Å². The Labute approximate surface area is 171 Å². The minimum atomic E-state index is -1.46. The van der Waals surface area contributed by atoms with Crippen molar-refractivity contribution >= 4 is 24.1 Å². The highest BCUT2D eigenvalue weighted by Crippen LogP contribution is 2.24. The fourth-order valence-corrected chi connectivity index (χ4v) is 2.81. The molecule has 2 amide bonds. The number of carboxylic acid groups (broad SMARTS) is 1. The van der Waals surface area contributed by atoms with Gasteiger partial charge in [-0.2, -0.15) is 4.90 Å². The summed E-state index contributed by atoms with van der Waals surface area (Å²) in [5, 5.41) is 9.06. The third kappa shape index (κ3) is 9.15. The molecule has 1 atom stereocenters. The summed E-state index contributed by atoms with van der Waals surface area (Å²) in [5.74, 6) is -2.01. The summed E-state index contributed by atoms with van der Waals surface area (Å²) in [7, 11) is 0. The van der Waals surface area contributed by atoms with Crippen molar-refractivity contribution < 1.29 is 38.5 Å². The van der Waals surface area contributed by atoms with Crippen molar-refractivity contribution in [3.63, 3.8) is 0 Å². The normalized spacial score (nSPS) is 16.1. The molecule has 0 aromatic carbocycles. The molecule has 0 aromatic rings. The van der Waals surface area contributed by atoms with Gasteiger partial charge >= 0.3 is 24.1 Å². The quantitative estimate of drug-likeness (QED) is 0.513. The van der Waals surface area contributed by atoms with Crippen molar-refractivity contribution in [1.82, 2.24) is 4.90 Å². The van der Waals surface area contributed by atoms with Crippen LogP contribution in [0.1, 0.15) is 80.1 Å². The van der Waals surface area contributed by atoms with E-state index in [2.05, 4.69) is 0 Å².